The first kappa shape index (κ1) is 15.7. The average Bonchev–Trinajstić information content (AvgIpc) is 2.92. The Morgan fingerprint density at radius 1 is 1.09 bits per heavy atom. The van der Waals surface area contributed by atoms with E-state index in [0.29, 0.717) is 13.2 Å². The quantitative estimate of drug-likeness (QED) is 0.625. The maximum atomic E-state index is 12.7. The van der Waals surface area contributed by atoms with Crippen LogP contribution >= 0.6 is 11.8 Å². The van der Waals surface area contributed by atoms with Crippen molar-refractivity contribution in [1.82, 2.24) is 4.90 Å². The summed E-state index contributed by atoms with van der Waals surface area (Å²) in [4.78, 5) is 17.8. The molecular formula is C19H20N2OS. The molecule has 0 bridgehead atoms. The monoisotopic (exact) mass is 324 g/mol. The van der Waals surface area contributed by atoms with Gasteiger partial charge >= 0.3 is 0 Å². The number of anilines is 1. The summed E-state index contributed by atoms with van der Waals surface area (Å²) in [6.07, 6.45) is 4.04. The van der Waals surface area contributed by atoms with Crippen molar-refractivity contribution in [2.24, 2.45) is 0 Å². The van der Waals surface area contributed by atoms with Crippen LogP contribution in [0, 0.1) is 0 Å². The molecule has 0 aliphatic carbocycles. The largest absolute Gasteiger partial charge is 0.320 e. The highest BCUT2D eigenvalue weighted by molar-refractivity contribution is 7.98. The molecule has 0 saturated carbocycles. The Balaban J connectivity index is 1.97. The van der Waals surface area contributed by atoms with Crippen LogP contribution in [-0.4, -0.2) is 30.3 Å². The van der Waals surface area contributed by atoms with Crippen molar-refractivity contribution in [3.05, 3.63) is 65.9 Å². The second-order valence-corrected chi connectivity index (χ2v) is 6.25. The lowest BCUT2D eigenvalue weighted by Crippen LogP contribution is -2.26. The molecule has 0 radical (unpaired) electrons. The van der Waals surface area contributed by atoms with Crippen LogP contribution in [0.2, 0.25) is 0 Å². The number of nitrogens with zero attached hydrogens (tertiary/aromatic N) is 2. The van der Waals surface area contributed by atoms with Gasteiger partial charge in [-0.05, 0) is 49.1 Å². The van der Waals surface area contributed by atoms with Crippen LogP contribution in [0.25, 0.3) is 6.08 Å². The predicted molar refractivity (Wildman–Crippen MR) is 97.4 cm³/mol. The second kappa shape index (κ2) is 6.92. The summed E-state index contributed by atoms with van der Waals surface area (Å²) in [5.74, 6) is 0.0882. The van der Waals surface area contributed by atoms with Crippen LogP contribution in [0.4, 0.5) is 5.69 Å². The minimum absolute atomic E-state index is 0.0882. The summed E-state index contributed by atoms with van der Waals surface area (Å²) in [6, 6.07) is 18.4. The van der Waals surface area contributed by atoms with Crippen LogP contribution in [0.3, 0.4) is 0 Å². The Kier molecular flexibility index (Phi) is 4.72. The zero-order valence-corrected chi connectivity index (χ0v) is 14.2. The zero-order chi connectivity index (χ0) is 16.2. The molecule has 1 aliphatic heterocycles. The Morgan fingerprint density at radius 2 is 1.78 bits per heavy atom. The molecule has 2 aromatic rings. The minimum Gasteiger partial charge on any atom is -0.320 e. The van der Waals surface area contributed by atoms with Crippen molar-refractivity contribution in [2.45, 2.75) is 11.8 Å². The summed E-state index contributed by atoms with van der Waals surface area (Å²) < 4.78 is 0. The lowest BCUT2D eigenvalue weighted by molar-refractivity contribution is -0.124. The highest BCUT2D eigenvalue weighted by Gasteiger charge is 2.32. The number of carbonyl (C=O) groups is 1. The number of hydrogen-bond donors (Lipinski definition) is 0. The van der Waals surface area contributed by atoms with Crippen LogP contribution in [0.5, 0.6) is 0 Å². The van der Waals surface area contributed by atoms with Crippen molar-refractivity contribution in [1.29, 1.82) is 0 Å². The number of thioether (sulfide) groups is 1. The first-order valence-electron chi connectivity index (χ1n) is 7.70. The van der Waals surface area contributed by atoms with E-state index in [2.05, 4.69) is 35.4 Å². The highest BCUT2D eigenvalue weighted by Crippen LogP contribution is 2.28. The van der Waals surface area contributed by atoms with E-state index in [-0.39, 0.29) is 5.91 Å². The predicted octanol–water partition coefficient (Wildman–Crippen LogP) is 4.08. The molecule has 0 N–H and O–H groups in total. The van der Waals surface area contributed by atoms with Gasteiger partial charge in [0, 0.05) is 17.1 Å². The molecule has 0 atom stereocenters. The van der Waals surface area contributed by atoms with E-state index in [4.69, 9.17) is 0 Å². The van der Waals surface area contributed by atoms with E-state index in [1.165, 1.54) is 4.90 Å². The maximum Gasteiger partial charge on any atom is 0.271 e. The average molecular weight is 324 g/mol. The topological polar surface area (TPSA) is 23.6 Å². The lowest BCUT2D eigenvalue weighted by atomic mass is 10.1. The Labute approximate surface area is 141 Å². The van der Waals surface area contributed by atoms with Crippen LogP contribution in [0.15, 0.2) is 65.2 Å². The third-order valence-electron chi connectivity index (χ3n) is 3.98. The van der Waals surface area contributed by atoms with E-state index in [1.807, 2.05) is 48.2 Å². The van der Waals surface area contributed by atoms with Crippen LogP contribution < -0.4 is 4.90 Å². The third kappa shape index (κ3) is 3.27. The van der Waals surface area contributed by atoms with Crippen LogP contribution in [-0.2, 0) is 4.79 Å². The number of benzene rings is 2. The Morgan fingerprint density at radius 3 is 2.39 bits per heavy atom. The van der Waals surface area contributed by atoms with Crippen molar-refractivity contribution >= 4 is 29.4 Å². The Hall–Kier alpha value is -2.20. The van der Waals surface area contributed by atoms with Crippen molar-refractivity contribution in [3.8, 4) is 0 Å². The fourth-order valence-electron chi connectivity index (χ4n) is 2.66. The van der Waals surface area contributed by atoms with E-state index >= 15 is 0 Å². The molecule has 1 amide bonds. The molecule has 0 spiro atoms. The first-order chi connectivity index (χ1) is 11.2. The van der Waals surface area contributed by atoms with E-state index in [9.17, 15) is 4.79 Å². The Bertz CT molecular complexity index is 710. The first-order valence-corrected chi connectivity index (χ1v) is 8.93. The molecule has 1 saturated heterocycles. The summed E-state index contributed by atoms with van der Waals surface area (Å²) >= 11 is 1.72. The molecule has 2 aromatic carbocycles. The molecule has 3 rings (SSSR count). The molecule has 1 fully saturated rings. The molecule has 23 heavy (non-hydrogen) atoms. The van der Waals surface area contributed by atoms with E-state index in [0.717, 1.165) is 16.9 Å². The van der Waals surface area contributed by atoms with Gasteiger partial charge in [-0.25, -0.2) is 0 Å². The molecule has 1 heterocycles. The summed E-state index contributed by atoms with van der Waals surface area (Å²) in [5, 5.41) is 0. The van der Waals surface area contributed by atoms with E-state index in [1.54, 1.807) is 11.8 Å². The zero-order valence-electron chi connectivity index (χ0n) is 13.4. The van der Waals surface area contributed by atoms with Gasteiger partial charge in [-0.15, -0.1) is 11.8 Å². The van der Waals surface area contributed by atoms with Gasteiger partial charge in [-0.3, -0.25) is 4.79 Å². The fraction of sp³-hybridized carbons (Fsp3) is 0.211. The smallest absolute Gasteiger partial charge is 0.271 e. The van der Waals surface area contributed by atoms with Gasteiger partial charge in [0.15, 0.2) is 0 Å². The summed E-state index contributed by atoms with van der Waals surface area (Å²) in [5.41, 5.74) is 2.82. The number of likely N-dealkylation sites (N-methyl/N-ethyl adjacent to an activating group) is 1. The third-order valence-corrected chi connectivity index (χ3v) is 4.72. The van der Waals surface area contributed by atoms with Gasteiger partial charge in [-0.1, -0.05) is 30.3 Å². The summed E-state index contributed by atoms with van der Waals surface area (Å²) in [6.45, 7) is 3.33. The lowest BCUT2D eigenvalue weighted by Gasteiger charge is -2.19. The number of rotatable bonds is 4. The standard InChI is InChI=1S/C19H20N2OS/c1-3-20-14-21(16-7-5-4-6-8-16)18(19(20)22)13-15-9-11-17(23-2)12-10-15/h4-13H,3,14H2,1-2H3/b18-13+. The van der Waals surface area contributed by atoms with Gasteiger partial charge in [0.2, 0.25) is 0 Å². The van der Waals surface area contributed by atoms with Gasteiger partial charge in [0.25, 0.3) is 5.91 Å². The van der Waals surface area contributed by atoms with Crippen molar-refractivity contribution in [2.75, 3.05) is 24.4 Å². The van der Waals surface area contributed by atoms with Gasteiger partial charge < -0.3 is 9.80 Å². The van der Waals surface area contributed by atoms with Gasteiger partial charge in [0.1, 0.15) is 5.70 Å². The highest BCUT2D eigenvalue weighted by atomic mass is 32.2. The van der Waals surface area contributed by atoms with E-state index < -0.39 is 0 Å². The van der Waals surface area contributed by atoms with Crippen LogP contribution in [0.1, 0.15) is 12.5 Å². The SMILES string of the molecule is CCN1CN(c2ccccc2)/C(=C/c2ccc(SC)cc2)C1=O. The van der Waals surface area contributed by atoms with Gasteiger partial charge in [-0.2, -0.15) is 0 Å². The van der Waals surface area contributed by atoms with Crippen molar-refractivity contribution in [3.63, 3.8) is 0 Å². The number of amides is 1. The second-order valence-electron chi connectivity index (χ2n) is 5.37. The summed E-state index contributed by atoms with van der Waals surface area (Å²) in [7, 11) is 0. The molecule has 3 nitrogen and oxygen atoms in total. The minimum atomic E-state index is 0.0882. The number of para-hydroxylation sites is 1. The number of carbonyl (C=O) groups excluding carboxylic acids is 1. The molecule has 118 valence electrons. The normalized spacial score (nSPS) is 16.4. The maximum absolute atomic E-state index is 12.7. The van der Waals surface area contributed by atoms with Crippen molar-refractivity contribution < 1.29 is 4.79 Å². The molecular weight excluding hydrogens is 304 g/mol. The van der Waals surface area contributed by atoms with Gasteiger partial charge in [0.05, 0.1) is 6.67 Å². The molecule has 4 heteroatoms. The molecule has 1 aliphatic rings. The number of hydrogen-bond acceptors (Lipinski definition) is 3. The fourth-order valence-corrected chi connectivity index (χ4v) is 3.07. The molecule has 0 unspecified atom stereocenters. The molecule has 0 aromatic heterocycles.